The second kappa shape index (κ2) is 7.24. The summed E-state index contributed by atoms with van der Waals surface area (Å²) < 4.78 is 1.77. The number of aromatic nitrogens is 2. The number of hydrogen-bond donors (Lipinski definition) is 2. The van der Waals surface area contributed by atoms with Gasteiger partial charge >= 0.3 is 0 Å². The van der Waals surface area contributed by atoms with Gasteiger partial charge < -0.3 is 10.6 Å². The van der Waals surface area contributed by atoms with E-state index >= 15 is 0 Å². The molecule has 3 aromatic rings. The Hall–Kier alpha value is -2.92. The van der Waals surface area contributed by atoms with Gasteiger partial charge in [0.15, 0.2) is 0 Å². The van der Waals surface area contributed by atoms with Gasteiger partial charge in [0.1, 0.15) is 0 Å². The van der Waals surface area contributed by atoms with Crippen LogP contribution >= 0.6 is 0 Å². The Labute approximate surface area is 164 Å². The molecular weight excluding hydrogens is 348 g/mol. The summed E-state index contributed by atoms with van der Waals surface area (Å²) in [5.41, 5.74) is 4.47. The Bertz CT molecular complexity index is 957. The molecule has 1 amide bonds. The molecule has 142 valence electrons. The fourth-order valence-electron chi connectivity index (χ4n) is 4.31. The standard InChI is InChI=1S/C23H24N4O/c28-23(18-7-3-8-20(15-18)27-12-4-11-24-27)26-22-10-9-21(22)25-19-13-16-5-1-2-6-17(16)14-19/h1-8,11-12,15,19,21-22,25H,9-10,13-14H2,(H,26,28)/t21-,22+/m0/s1. The Morgan fingerprint density at radius 3 is 2.43 bits per heavy atom. The van der Waals surface area contributed by atoms with E-state index < -0.39 is 0 Å². The number of hydrogen-bond acceptors (Lipinski definition) is 3. The van der Waals surface area contributed by atoms with Crippen LogP contribution in [0.1, 0.15) is 34.3 Å². The number of benzene rings is 2. The molecular formula is C23H24N4O. The average Bonchev–Trinajstić information content (AvgIpc) is 3.39. The fourth-order valence-corrected chi connectivity index (χ4v) is 4.31. The van der Waals surface area contributed by atoms with E-state index in [0.717, 1.165) is 31.4 Å². The lowest BCUT2D eigenvalue weighted by Gasteiger charge is -2.39. The van der Waals surface area contributed by atoms with E-state index in [9.17, 15) is 4.79 Å². The van der Waals surface area contributed by atoms with Crippen molar-refractivity contribution in [3.05, 3.63) is 83.7 Å². The summed E-state index contributed by atoms with van der Waals surface area (Å²) in [5, 5.41) is 11.2. The Morgan fingerprint density at radius 1 is 0.964 bits per heavy atom. The number of nitrogens with zero attached hydrogens (tertiary/aromatic N) is 2. The van der Waals surface area contributed by atoms with Crippen molar-refractivity contribution in [3.63, 3.8) is 0 Å². The zero-order valence-corrected chi connectivity index (χ0v) is 15.7. The number of carbonyl (C=O) groups is 1. The van der Waals surface area contributed by atoms with Crippen LogP contribution in [0, 0.1) is 0 Å². The van der Waals surface area contributed by atoms with Crippen LogP contribution in [0.5, 0.6) is 0 Å². The van der Waals surface area contributed by atoms with Gasteiger partial charge in [0.05, 0.1) is 5.69 Å². The van der Waals surface area contributed by atoms with Gasteiger partial charge in [-0.25, -0.2) is 4.68 Å². The predicted octanol–water partition coefficient (Wildman–Crippen LogP) is 2.89. The maximum Gasteiger partial charge on any atom is 0.251 e. The normalized spacial score (nSPS) is 21.1. The average molecular weight is 372 g/mol. The van der Waals surface area contributed by atoms with E-state index in [1.54, 1.807) is 10.9 Å². The van der Waals surface area contributed by atoms with Crippen molar-refractivity contribution < 1.29 is 4.79 Å². The molecule has 0 saturated heterocycles. The first-order chi connectivity index (χ1) is 13.8. The Kier molecular flexibility index (Phi) is 4.45. The quantitative estimate of drug-likeness (QED) is 0.724. The minimum Gasteiger partial charge on any atom is -0.348 e. The molecule has 2 aliphatic carbocycles. The first-order valence-electron chi connectivity index (χ1n) is 10.00. The largest absolute Gasteiger partial charge is 0.348 e. The SMILES string of the molecule is O=C(N[C@@H]1CC[C@@H]1NC1Cc2ccccc2C1)c1cccc(-n2cccn2)c1. The number of fused-ring (bicyclic) bond motifs is 1. The molecule has 2 aromatic carbocycles. The molecule has 5 heteroatoms. The molecule has 0 aliphatic heterocycles. The van der Waals surface area contributed by atoms with Gasteiger partial charge in [0, 0.05) is 36.1 Å². The van der Waals surface area contributed by atoms with E-state index in [1.165, 1.54) is 11.1 Å². The minimum atomic E-state index is -0.0137. The molecule has 0 bridgehead atoms. The zero-order valence-electron chi connectivity index (χ0n) is 15.7. The third-order valence-corrected chi connectivity index (χ3v) is 5.97. The monoisotopic (exact) mass is 372 g/mol. The van der Waals surface area contributed by atoms with Crippen molar-refractivity contribution in [3.8, 4) is 5.69 Å². The molecule has 0 spiro atoms. The highest BCUT2D eigenvalue weighted by atomic mass is 16.1. The van der Waals surface area contributed by atoms with Gasteiger partial charge in [-0.3, -0.25) is 4.79 Å². The van der Waals surface area contributed by atoms with Crippen LogP contribution in [-0.4, -0.2) is 33.8 Å². The molecule has 1 aromatic heterocycles. The van der Waals surface area contributed by atoms with Crippen LogP contribution in [0.3, 0.4) is 0 Å². The van der Waals surface area contributed by atoms with E-state index in [4.69, 9.17) is 0 Å². The molecule has 1 heterocycles. The van der Waals surface area contributed by atoms with Gasteiger partial charge in [-0.15, -0.1) is 0 Å². The van der Waals surface area contributed by atoms with E-state index in [1.807, 2.05) is 36.5 Å². The van der Waals surface area contributed by atoms with Crippen LogP contribution in [-0.2, 0) is 12.8 Å². The van der Waals surface area contributed by atoms with E-state index in [0.29, 0.717) is 17.6 Å². The summed E-state index contributed by atoms with van der Waals surface area (Å²) in [4.78, 5) is 12.8. The molecule has 1 fully saturated rings. The maximum absolute atomic E-state index is 12.8. The van der Waals surface area contributed by atoms with Crippen LogP contribution in [0.4, 0.5) is 0 Å². The molecule has 1 saturated carbocycles. The fraction of sp³-hybridized carbons (Fsp3) is 0.304. The van der Waals surface area contributed by atoms with Crippen molar-refractivity contribution >= 4 is 5.91 Å². The number of amides is 1. The lowest BCUT2D eigenvalue weighted by molar-refractivity contribution is 0.0889. The van der Waals surface area contributed by atoms with Crippen molar-refractivity contribution in [2.75, 3.05) is 0 Å². The molecule has 2 N–H and O–H groups in total. The third-order valence-electron chi connectivity index (χ3n) is 5.97. The smallest absolute Gasteiger partial charge is 0.251 e. The highest BCUT2D eigenvalue weighted by Crippen LogP contribution is 2.26. The summed E-state index contributed by atoms with van der Waals surface area (Å²) in [6.07, 6.45) is 7.92. The summed E-state index contributed by atoms with van der Waals surface area (Å²) in [7, 11) is 0. The molecule has 2 aliphatic rings. The summed E-state index contributed by atoms with van der Waals surface area (Å²) in [6, 6.07) is 19.2. The summed E-state index contributed by atoms with van der Waals surface area (Å²) in [6.45, 7) is 0. The summed E-state index contributed by atoms with van der Waals surface area (Å²) in [5.74, 6) is -0.0137. The second-order valence-corrected chi connectivity index (χ2v) is 7.81. The highest BCUT2D eigenvalue weighted by molar-refractivity contribution is 5.95. The minimum absolute atomic E-state index is 0.0137. The van der Waals surface area contributed by atoms with Crippen LogP contribution in [0.15, 0.2) is 67.0 Å². The zero-order chi connectivity index (χ0) is 18.9. The maximum atomic E-state index is 12.8. The van der Waals surface area contributed by atoms with Crippen LogP contribution in [0.25, 0.3) is 5.69 Å². The van der Waals surface area contributed by atoms with Gasteiger partial charge in [-0.05, 0) is 61.1 Å². The lowest BCUT2D eigenvalue weighted by Crippen LogP contribution is -2.59. The summed E-state index contributed by atoms with van der Waals surface area (Å²) >= 11 is 0. The topological polar surface area (TPSA) is 59.0 Å². The molecule has 5 rings (SSSR count). The van der Waals surface area contributed by atoms with Gasteiger partial charge in [-0.1, -0.05) is 30.3 Å². The van der Waals surface area contributed by atoms with Gasteiger partial charge in [0.25, 0.3) is 5.91 Å². The van der Waals surface area contributed by atoms with Gasteiger partial charge in [0.2, 0.25) is 0 Å². The Morgan fingerprint density at radius 2 is 1.75 bits per heavy atom. The lowest BCUT2D eigenvalue weighted by atomic mass is 9.85. The van der Waals surface area contributed by atoms with Crippen LogP contribution < -0.4 is 10.6 Å². The van der Waals surface area contributed by atoms with Gasteiger partial charge in [-0.2, -0.15) is 5.10 Å². The predicted molar refractivity (Wildman–Crippen MR) is 109 cm³/mol. The molecule has 0 radical (unpaired) electrons. The number of nitrogens with one attached hydrogen (secondary N) is 2. The van der Waals surface area contributed by atoms with Crippen molar-refractivity contribution in [2.24, 2.45) is 0 Å². The van der Waals surface area contributed by atoms with Crippen molar-refractivity contribution in [1.82, 2.24) is 20.4 Å². The molecule has 2 atom stereocenters. The van der Waals surface area contributed by atoms with Crippen LogP contribution in [0.2, 0.25) is 0 Å². The number of rotatable bonds is 5. The number of carbonyl (C=O) groups excluding carboxylic acids is 1. The highest BCUT2D eigenvalue weighted by Gasteiger charge is 2.35. The third kappa shape index (κ3) is 3.34. The first kappa shape index (κ1) is 17.2. The van der Waals surface area contributed by atoms with E-state index in [-0.39, 0.29) is 11.9 Å². The molecule has 0 unspecified atom stereocenters. The molecule has 5 nitrogen and oxygen atoms in total. The second-order valence-electron chi connectivity index (χ2n) is 7.81. The van der Waals surface area contributed by atoms with Crippen molar-refractivity contribution in [2.45, 2.75) is 43.8 Å². The first-order valence-corrected chi connectivity index (χ1v) is 10.00. The van der Waals surface area contributed by atoms with Crippen molar-refractivity contribution in [1.29, 1.82) is 0 Å². The molecule has 28 heavy (non-hydrogen) atoms. The Balaban J connectivity index is 1.20. The van der Waals surface area contributed by atoms with E-state index in [2.05, 4.69) is 40.0 Å².